The molecule has 0 atom stereocenters. The number of hydrogen-bond acceptors (Lipinski definition) is 8. The van der Waals surface area contributed by atoms with Gasteiger partial charge in [0.15, 0.2) is 6.61 Å². The van der Waals surface area contributed by atoms with Crippen molar-refractivity contribution in [2.75, 3.05) is 25.0 Å². The van der Waals surface area contributed by atoms with Crippen LogP contribution in [0, 0.1) is 10.1 Å². The number of hydrogen-bond donors (Lipinski definition) is 1. The van der Waals surface area contributed by atoms with Gasteiger partial charge in [0.2, 0.25) is 10.0 Å². The zero-order valence-electron chi connectivity index (χ0n) is 15.4. The van der Waals surface area contributed by atoms with E-state index in [4.69, 9.17) is 16.3 Å². The van der Waals surface area contributed by atoms with Crippen LogP contribution in [0.25, 0.3) is 0 Å². The van der Waals surface area contributed by atoms with Crippen LogP contribution in [-0.2, 0) is 19.6 Å². The molecule has 0 radical (unpaired) electrons. The quantitative estimate of drug-likeness (QED) is 0.371. The smallest absolute Gasteiger partial charge is 0.350 e. The van der Waals surface area contributed by atoms with Crippen molar-refractivity contribution >= 4 is 56.2 Å². The monoisotopic (exact) mass is 473 g/mol. The molecule has 13 heteroatoms. The molecule has 1 aliphatic heterocycles. The van der Waals surface area contributed by atoms with Gasteiger partial charge >= 0.3 is 5.97 Å². The Bertz CT molecular complexity index is 1090. The first-order chi connectivity index (χ1) is 14.2. The van der Waals surface area contributed by atoms with Crippen molar-refractivity contribution in [1.29, 1.82) is 0 Å². The normalized spacial score (nSPS) is 14.4. The lowest BCUT2D eigenvalue weighted by Crippen LogP contribution is -2.29. The van der Waals surface area contributed by atoms with Crippen molar-refractivity contribution in [2.45, 2.75) is 17.7 Å². The van der Waals surface area contributed by atoms with Gasteiger partial charge in [0.25, 0.3) is 11.6 Å². The fourth-order valence-corrected chi connectivity index (χ4v) is 5.84. The van der Waals surface area contributed by atoms with Crippen molar-refractivity contribution in [3.05, 3.63) is 49.7 Å². The van der Waals surface area contributed by atoms with E-state index < -0.39 is 33.4 Å². The molecule has 1 aromatic carbocycles. The lowest BCUT2D eigenvalue weighted by atomic mass is 10.3. The SMILES string of the molecule is O=C(COC(=O)c1sccc1S(=O)(=O)N1CCCC1)Nc1ccc([N+](=O)[O-])cc1Cl. The van der Waals surface area contributed by atoms with Gasteiger partial charge in [-0.2, -0.15) is 4.31 Å². The Kier molecular flexibility index (Phi) is 6.71. The van der Waals surface area contributed by atoms with Crippen LogP contribution in [0.15, 0.2) is 34.5 Å². The largest absolute Gasteiger partial charge is 0.451 e. The van der Waals surface area contributed by atoms with Crippen molar-refractivity contribution in [3.8, 4) is 0 Å². The molecule has 0 aliphatic carbocycles. The second kappa shape index (κ2) is 9.08. The second-order valence-corrected chi connectivity index (χ2v) is 9.50. The average molecular weight is 474 g/mol. The van der Waals surface area contributed by atoms with Gasteiger partial charge in [0, 0.05) is 25.2 Å². The molecule has 2 heterocycles. The predicted molar refractivity (Wildman–Crippen MR) is 109 cm³/mol. The molecule has 0 spiro atoms. The van der Waals surface area contributed by atoms with Gasteiger partial charge in [-0.1, -0.05) is 11.6 Å². The number of rotatable bonds is 7. The van der Waals surface area contributed by atoms with Gasteiger partial charge < -0.3 is 10.1 Å². The number of nitro benzene ring substituents is 1. The highest BCUT2D eigenvalue weighted by Gasteiger charge is 2.32. The maximum Gasteiger partial charge on any atom is 0.350 e. The van der Waals surface area contributed by atoms with E-state index in [1.54, 1.807) is 0 Å². The zero-order chi connectivity index (χ0) is 21.9. The van der Waals surface area contributed by atoms with Crippen molar-refractivity contribution in [1.82, 2.24) is 4.31 Å². The minimum Gasteiger partial charge on any atom is -0.451 e. The van der Waals surface area contributed by atoms with Crippen LogP contribution < -0.4 is 5.32 Å². The lowest BCUT2D eigenvalue weighted by Gasteiger charge is -2.15. The van der Waals surface area contributed by atoms with E-state index in [9.17, 15) is 28.1 Å². The number of halogens is 1. The summed E-state index contributed by atoms with van der Waals surface area (Å²) in [6.45, 7) is 0.101. The van der Waals surface area contributed by atoms with Crippen molar-refractivity contribution in [2.24, 2.45) is 0 Å². The lowest BCUT2D eigenvalue weighted by molar-refractivity contribution is -0.384. The maximum atomic E-state index is 12.7. The van der Waals surface area contributed by atoms with Crippen LogP contribution in [0.3, 0.4) is 0 Å². The number of ether oxygens (including phenoxy) is 1. The van der Waals surface area contributed by atoms with E-state index in [-0.39, 0.29) is 26.2 Å². The molecule has 0 saturated carbocycles. The summed E-state index contributed by atoms with van der Waals surface area (Å²) in [5.41, 5.74) is -0.134. The number of thiophene rings is 1. The average Bonchev–Trinajstić information content (AvgIpc) is 3.40. The molecule has 1 amide bonds. The number of carbonyl (C=O) groups is 2. The second-order valence-electron chi connectivity index (χ2n) is 6.27. The van der Waals surface area contributed by atoms with Crippen LogP contribution in [0.5, 0.6) is 0 Å². The number of nitro groups is 1. The molecule has 0 unspecified atom stereocenters. The van der Waals surface area contributed by atoms with E-state index in [2.05, 4.69) is 5.32 Å². The summed E-state index contributed by atoms with van der Waals surface area (Å²) < 4.78 is 31.7. The molecule has 30 heavy (non-hydrogen) atoms. The molecular weight excluding hydrogens is 458 g/mol. The first kappa shape index (κ1) is 22.2. The number of nitrogens with one attached hydrogen (secondary N) is 1. The summed E-state index contributed by atoms with van der Waals surface area (Å²) in [6.07, 6.45) is 1.52. The molecular formula is C17H16ClN3O7S2. The first-order valence-electron chi connectivity index (χ1n) is 8.68. The number of sulfonamides is 1. The van der Waals surface area contributed by atoms with Crippen LogP contribution in [0.2, 0.25) is 5.02 Å². The maximum absolute atomic E-state index is 12.7. The standard InChI is InChI=1S/C17H16ClN3O7S2/c18-12-9-11(21(24)25)3-4-13(12)19-15(22)10-28-17(23)16-14(5-8-29-16)30(26,27)20-6-1-2-7-20/h3-5,8-9H,1-2,6-7,10H2,(H,19,22). The number of esters is 1. The first-order valence-corrected chi connectivity index (χ1v) is 11.4. The van der Waals surface area contributed by atoms with Gasteiger partial charge in [-0.05, 0) is 30.4 Å². The molecule has 0 bridgehead atoms. The number of carbonyl (C=O) groups excluding carboxylic acids is 2. The Labute approximate surface area is 180 Å². The molecule has 1 N–H and O–H groups in total. The highest BCUT2D eigenvalue weighted by molar-refractivity contribution is 7.89. The summed E-state index contributed by atoms with van der Waals surface area (Å²) in [6, 6.07) is 4.82. The van der Waals surface area contributed by atoms with E-state index in [1.807, 2.05) is 0 Å². The molecule has 1 aromatic heterocycles. The molecule has 3 rings (SSSR count). The fraction of sp³-hybridized carbons (Fsp3) is 0.294. The summed E-state index contributed by atoms with van der Waals surface area (Å²) in [5.74, 6) is -1.67. The van der Waals surface area contributed by atoms with Gasteiger partial charge in [-0.3, -0.25) is 14.9 Å². The molecule has 1 aliphatic rings. The third-order valence-electron chi connectivity index (χ3n) is 4.27. The minimum atomic E-state index is -3.81. The van der Waals surface area contributed by atoms with Crippen molar-refractivity contribution in [3.63, 3.8) is 0 Å². The zero-order valence-corrected chi connectivity index (χ0v) is 17.8. The predicted octanol–water partition coefficient (Wildman–Crippen LogP) is 2.89. The third kappa shape index (κ3) is 4.78. The van der Waals surface area contributed by atoms with Gasteiger partial charge in [0.05, 0.1) is 15.6 Å². The van der Waals surface area contributed by atoms with Crippen LogP contribution in [0.4, 0.5) is 11.4 Å². The fourth-order valence-electron chi connectivity index (χ4n) is 2.82. The topological polar surface area (TPSA) is 136 Å². The Balaban J connectivity index is 1.63. The minimum absolute atomic E-state index is 0.0545. The Morgan fingerprint density at radius 3 is 2.60 bits per heavy atom. The van der Waals surface area contributed by atoms with E-state index in [0.717, 1.165) is 36.3 Å². The van der Waals surface area contributed by atoms with Crippen LogP contribution >= 0.6 is 22.9 Å². The van der Waals surface area contributed by atoms with E-state index >= 15 is 0 Å². The highest BCUT2D eigenvalue weighted by Crippen LogP contribution is 2.29. The summed E-state index contributed by atoms with van der Waals surface area (Å²) >= 11 is 6.81. The molecule has 10 nitrogen and oxygen atoms in total. The van der Waals surface area contributed by atoms with E-state index in [0.29, 0.717) is 13.1 Å². The molecule has 1 saturated heterocycles. The Hall–Kier alpha value is -2.54. The Morgan fingerprint density at radius 2 is 1.97 bits per heavy atom. The molecule has 1 fully saturated rings. The number of nitrogens with zero attached hydrogens (tertiary/aromatic N) is 2. The summed E-state index contributed by atoms with van der Waals surface area (Å²) in [4.78, 5) is 34.2. The van der Waals surface area contributed by atoms with Gasteiger partial charge in [0.1, 0.15) is 9.77 Å². The number of amides is 1. The Morgan fingerprint density at radius 1 is 1.27 bits per heavy atom. The number of non-ortho nitro benzene ring substituents is 1. The van der Waals surface area contributed by atoms with Crippen LogP contribution in [0.1, 0.15) is 22.5 Å². The highest BCUT2D eigenvalue weighted by atomic mass is 35.5. The third-order valence-corrected chi connectivity index (χ3v) is 7.55. The van der Waals surface area contributed by atoms with Crippen LogP contribution in [-0.4, -0.2) is 49.2 Å². The van der Waals surface area contributed by atoms with Crippen molar-refractivity contribution < 1.29 is 27.7 Å². The summed E-state index contributed by atoms with van der Waals surface area (Å²) in [5, 5.41) is 14.5. The van der Waals surface area contributed by atoms with E-state index in [1.165, 1.54) is 21.8 Å². The van der Waals surface area contributed by atoms with Gasteiger partial charge in [-0.15, -0.1) is 11.3 Å². The van der Waals surface area contributed by atoms with Gasteiger partial charge in [-0.25, -0.2) is 13.2 Å². The summed E-state index contributed by atoms with van der Waals surface area (Å²) in [7, 11) is -3.81. The number of anilines is 1. The molecule has 160 valence electrons. The molecule has 2 aromatic rings. The number of benzene rings is 1.